The van der Waals surface area contributed by atoms with Crippen molar-refractivity contribution in [1.29, 1.82) is 0 Å². The van der Waals surface area contributed by atoms with E-state index in [1.807, 2.05) is 11.4 Å². The van der Waals surface area contributed by atoms with E-state index in [2.05, 4.69) is 14.7 Å². The second-order valence-corrected chi connectivity index (χ2v) is 5.92. The van der Waals surface area contributed by atoms with Gasteiger partial charge in [0.15, 0.2) is 5.16 Å². The number of nitrogens with zero attached hydrogens (tertiary/aromatic N) is 2. The number of hydrogen-bond acceptors (Lipinski definition) is 8. The van der Waals surface area contributed by atoms with Crippen LogP contribution in [0.1, 0.15) is 16.1 Å². The van der Waals surface area contributed by atoms with Gasteiger partial charge in [-0.15, -0.1) is 11.3 Å². The number of hydrogen-bond donors (Lipinski definition) is 1. The maximum absolute atomic E-state index is 11.5. The average molecular weight is 321 g/mol. The van der Waals surface area contributed by atoms with Crippen molar-refractivity contribution in [1.82, 2.24) is 9.97 Å². The number of ether oxygens (including phenoxy) is 1. The number of esters is 1. The van der Waals surface area contributed by atoms with Crippen LogP contribution in [0.3, 0.4) is 0 Å². The molecule has 0 amide bonds. The number of nitrogens with two attached hydrogens (primary N) is 1. The van der Waals surface area contributed by atoms with Gasteiger partial charge in [-0.1, -0.05) is 11.8 Å². The molecular weight excluding hydrogens is 310 g/mol. The summed E-state index contributed by atoms with van der Waals surface area (Å²) in [6.45, 7) is 0. The van der Waals surface area contributed by atoms with Crippen LogP contribution in [0.25, 0.3) is 10.2 Å². The number of anilines is 1. The lowest BCUT2D eigenvalue weighted by Crippen LogP contribution is -2.02. The summed E-state index contributed by atoms with van der Waals surface area (Å²) < 4.78 is 9.80. The minimum absolute atomic E-state index is 0.204. The Kier molecular flexibility index (Phi) is 3.80. The summed E-state index contributed by atoms with van der Waals surface area (Å²) in [4.78, 5) is 21.1. The molecule has 0 aliphatic rings. The van der Waals surface area contributed by atoms with Crippen molar-refractivity contribution in [2.45, 2.75) is 10.9 Å². The third kappa shape index (κ3) is 2.72. The highest BCUT2D eigenvalue weighted by atomic mass is 32.2. The molecule has 3 aromatic rings. The zero-order valence-corrected chi connectivity index (χ0v) is 12.7. The summed E-state index contributed by atoms with van der Waals surface area (Å²) in [6.07, 6.45) is 1.46. The van der Waals surface area contributed by atoms with Crippen LogP contribution in [0.5, 0.6) is 0 Å². The molecule has 3 rings (SSSR count). The summed E-state index contributed by atoms with van der Waals surface area (Å²) in [5.74, 6) is 0.668. The van der Waals surface area contributed by atoms with Gasteiger partial charge >= 0.3 is 5.97 Å². The minimum atomic E-state index is -0.496. The second-order valence-electron chi connectivity index (χ2n) is 4.09. The van der Waals surface area contributed by atoms with Gasteiger partial charge in [0, 0.05) is 11.3 Å². The SMILES string of the molecule is COC(=O)c1occc1CSc1nc(N)c2ccsc2n1. The van der Waals surface area contributed by atoms with Gasteiger partial charge in [-0.2, -0.15) is 0 Å². The summed E-state index contributed by atoms with van der Waals surface area (Å²) in [5, 5.41) is 3.36. The van der Waals surface area contributed by atoms with Gasteiger partial charge in [0.25, 0.3) is 0 Å². The van der Waals surface area contributed by atoms with Crippen LogP contribution >= 0.6 is 23.1 Å². The van der Waals surface area contributed by atoms with Crippen molar-refractivity contribution in [3.05, 3.63) is 35.1 Å². The molecule has 0 fully saturated rings. The molecule has 3 heterocycles. The number of rotatable bonds is 4. The van der Waals surface area contributed by atoms with Crippen LogP contribution < -0.4 is 5.73 Å². The molecule has 6 nitrogen and oxygen atoms in total. The molecule has 0 aliphatic heterocycles. The van der Waals surface area contributed by atoms with Crippen molar-refractivity contribution in [3.8, 4) is 0 Å². The summed E-state index contributed by atoms with van der Waals surface area (Å²) in [7, 11) is 1.32. The number of fused-ring (bicyclic) bond motifs is 1. The van der Waals surface area contributed by atoms with Gasteiger partial charge < -0.3 is 14.9 Å². The van der Waals surface area contributed by atoms with E-state index in [9.17, 15) is 4.79 Å². The fourth-order valence-corrected chi connectivity index (χ4v) is 3.45. The first-order valence-electron chi connectivity index (χ1n) is 5.97. The summed E-state index contributed by atoms with van der Waals surface area (Å²) >= 11 is 2.90. The molecule has 2 N–H and O–H groups in total. The highest BCUT2D eigenvalue weighted by molar-refractivity contribution is 7.98. The Bertz CT molecular complexity index is 797. The quantitative estimate of drug-likeness (QED) is 0.449. The van der Waals surface area contributed by atoms with Gasteiger partial charge in [-0.05, 0) is 17.5 Å². The van der Waals surface area contributed by atoms with Crippen LogP contribution in [-0.2, 0) is 10.5 Å². The van der Waals surface area contributed by atoms with Gasteiger partial charge in [-0.3, -0.25) is 0 Å². The van der Waals surface area contributed by atoms with Gasteiger partial charge in [0.05, 0.1) is 18.8 Å². The van der Waals surface area contributed by atoms with Crippen molar-refractivity contribution in [2.75, 3.05) is 12.8 Å². The maximum atomic E-state index is 11.5. The van der Waals surface area contributed by atoms with Crippen molar-refractivity contribution in [2.24, 2.45) is 0 Å². The molecular formula is C13H11N3O3S2. The lowest BCUT2D eigenvalue weighted by molar-refractivity contribution is 0.0564. The van der Waals surface area contributed by atoms with Gasteiger partial charge in [0.2, 0.25) is 5.76 Å². The number of carbonyl (C=O) groups is 1. The molecule has 0 saturated carbocycles. The molecule has 3 aromatic heterocycles. The Morgan fingerprint density at radius 1 is 1.48 bits per heavy atom. The zero-order chi connectivity index (χ0) is 14.8. The maximum Gasteiger partial charge on any atom is 0.374 e. The number of carbonyl (C=O) groups excluding carboxylic acids is 1. The summed E-state index contributed by atoms with van der Waals surface area (Å²) in [6, 6.07) is 3.63. The molecule has 0 saturated heterocycles. The largest absolute Gasteiger partial charge is 0.463 e. The Morgan fingerprint density at radius 2 is 2.33 bits per heavy atom. The first kappa shape index (κ1) is 13.9. The van der Waals surface area contributed by atoms with Crippen molar-refractivity contribution >= 4 is 45.1 Å². The molecule has 0 aliphatic carbocycles. The third-order valence-corrected chi connectivity index (χ3v) is 4.51. The van der Waals surface area contributed by atoms with Crippen molar-refractivity contribution < 1.29 is 13.9 Å². The number of aromatic nitrogens is 2. The Labute approximate surface area is 128 Å². The smallest absolute Gasteiger partial charge is 0.374 e. The standard InChI is InChI=1S/C13H11N3O3S2/c1-18-12(17)9-7(2-4-19-9)6-21-13-15-10(14)8-3-5-20-11(8)16-13/h2-5H,6H2,1H3,(H2,14,15,16). The Hall–Kier alpha value is -2.06. The van der Waals surface area contributed by atoms with E-state index in [4.69, 9.17) is 10.2 Å². The Balaban J connectivity index is 1.80. The number of thioether (sulfide) groups is 1. The normalized spacial score (nSPS) is 10.9. The van der Waals surface area contributed by atoms with E-state index in [-0.39, 0.29) is 5.76 Å². The fourth-order valence-electron chi connectivity index (χ4n) is 1.79. The zero-order valence-electron chi connectivity index (χ0n) is 11.0. The van der Waals surface area contributed by atoms with E-state index in [1.54, 1.807) is 6.07 Å². The van der Waals surface area contributed by atoms with Crippen LogP contribution in [0.15, 0.2) is 33.3 Å². The topological polar surface area (TPSA) is 91.2 Å². The molecule has 108 valence electrons. The van der Waals surface area contributed by atoms with Crippen LogP contribution in [0, 0.1) is 0 Å². The van der Waals surface area contributed by atoms with Gasteiger partial charge in [-0.25, -0.2) is 14.8 Å². The lowest BCUT2D eigenvalue weighted by atomic mass is 10.3. The second kappa shape index (κ2) is 5.74. The first-order valence-corrected chi connectivity index (χ1v) is 7.83. The number of thiophene rings is 1. The molecule has 0 atom stereocenters. The Morgan fingerprint density at radius 3 is 3.14 bits per heavy atom. The molecule has 0 unspecified atom stereocenters. The predicted octanol–water partition coefficient (Wildman–Crippen LogP) is 2.95. The number of nitrogen functional groups attached to an aromatic ring is 1. The highest BCUT2D eigenvalue weighted by Gasteiger charge is 2.16. The molecule has 0 spiro atoms. The first-order chi connectivity index (χ1) is 10.2. The molecule has 0 aromatic carbocycles. The number of methoxy groups -OCH3 is 1. The number of furan rings is 1. The lowest BCUT2D eigenvalue weighted by Gasteiger charge is -2.02. The van der Waals surface area contributed by atoms with Crippen LogP contribution in [-0.4, -0.2) is 23.0 Å². The van der Waals surface area contributed by atoms with Crippen LogP contribution in [0.2, 0.25) is 0 Å². The molecule has 21 heavy (non-hydrogen) atoms. The minimum Gasteiger partial charge on any atom is -0.463 e. The highest BCUT2D eigenvalue weighted by Crippen LogP contribution is 2.28. The predicted molar refractivity (Wildman–Crippen MR) is 81.4 cm³/mol. The van der Waals surface area contributed by atoms with Crippen molar-refractivity contribution in [3.63, 3.8) is 0 Å². The van der Waals surface area contributed by atoms with E-state index in [0.29, 0.717) is 16.7 Å². The fraction of sp³-hybridized carbons (Fsp3) is 0.154. The summed E-state index contributed by atoms with van der Waals surface area (Å²) in [5.41, 5.74) is 6.64. The molecule has 0 bridgehead atoms. The average Bonchev–Trinajstić information content (AvgIpc) is 3.13. The van der Waals surface area contributed by atoms with E-state index in [1.165, 1.54) is 36.5 Å². The van der Waals surface area contributed by atoms with E-state index in [0.717, 1.165) is 15.8 Å². The monoisotopic (exact) mass is 321 g/mol. The van der Waals surface area contributed by atoms with Gasteiger partial charge in [0.1, 0.15) is 10.6 Å². The molecule has 8 heteroatoms. The van der Waals surface area contributed by atoms with Crippen LogP contribution in [0.4, 0.5) is 5.82 Å². The molecule has 0 radical (unpaired) electrons. The van der Waals surface area contributed by atoms with E-state index >= 15 is 0 Å². The van der Waals surface area contributed by atoms with E-state index < -0.39 is 5.97 Å². The third-order valence-electron chi connectivity index (χ3n) is 2.81.